The smallest absolute Gasteiger partial charge is 0.234 e. The van der Waals surface area contributed by atoms with Gasteiger partial charge in [-0.1, -0.05) is 29.4 Å². The van der Waals surface area contributed by atoms with Crippen molar-refractivity contribution in [3.05, 3.63) is 64.4 Å². The summed E-state index contributed by atoms with van der Waals surface area (Å²) >= 11 is 7.13. The molecule has 0 unspecified atom stereocenters. The molecule has 7 nitrogen and oxygen atoms in total. The maximum Gasteiger partial charge on any atom is 0.234 e. The van der Waals surface area contributed by atoms with E-state index in [0.717, 1.165) is 11.3 Å². The molecule has 2 amide bonds. The van der Waals surface area contributed by atoms with Gasteiger partial charge < -0.3 is 15.2 Å². The highest BCUT2D eigenvalue weighted by molar-refractivity contribution is 7.99. The molecule has 3 rings (SSSR count). The van der Waals surface area contributed by atoms with Crippen LogP contribution in [-0.4, -0.2) is 32.3 Å². The van der Waals surface area contributed by atoms with Crippen LogP contribution in [0.2, 0.25) is 5.02 Å². The Morgan fingerprint density at radius 2 is 1.65 bits per heavy atom. The third-order valence-electron chi connectivity index (χ3n) is 4.68. The lowest BCUT2D eigenvalue weighted by Gasteiger charge is -2.09. The van der Waals surface area contributed by atoms with Crippen LogP contribution in [0.15, 0.2) is 47.6 Å². The van der Waals surface area contributed by atoms with E-state index in [4.69, 9.17) is 11.6 Å². The summed E-state index contributed by atoms with van der Waals surface area (Å²) in [5.74, 6) is 0.411. The van der Waals surface area contributed by atoms with Crippen molar-refractivity contribution in [1.82, 2.24) is 14.8 Å². The molecular weight excluding hydrogens is 434 g/mol. The highest BCUT2D eigenvalue weighted by atomic mass is 35.5. The zero-order valence-corrected chi connectivity index (χ0v) is 19.2. The van der Waals surface area contributed by atoms with Gasteiger partial charge in [0.25, 0.3) is 0 Å². The Labute approximate surface area is 190 Å². The van der Waals surface area contributed by atoms with E-state index in [1.54, 1.807) is 24.3 Å². The quantitative estimate of drug-likeness (QED) is 0.487. The third-order valence-corrected chi connectivity index (χ3v) is 5.90. The monoisotopic (exact) mass is 457 g/mol. The van der Waals surface area contributed by atoms with E-state index in [9.17, 15) is 9.59 Å². The zero-order chi connectivity index (χ0) is 22.4. The summed E-state index contributed by atoms with van der Waals surface area (Å²) in [5.41, 5.74) is 3.72. The van der Waals surface area contributed by atoms with E-state index in [1.807, 2.05) is 43.5 Å². The summed E-state index contributed by atoms with van der Waals surface area (Å²) in [7, 11) is 0. The van der Waals surface area contributed by atoms with Crippen molar-refractivity contribution in [2.45, 2.75) is 38.9 Å². The van der Waals surface area contributed by atoms with E-state index < -0.39 is 0 Å². The Morgan fingerprint density at radius 1 is 0.968 bits per heavy atom. The van der Waals surface area contributed by atoms with Gasteiger partial charge >= 0.3 is 0 Å². The van der Waals surface area contributed by atoms with Crippen molar-refractivity contribution in [3.63, 3.8) is 0 Å². The second-order valence-electron chi connectivity index (χ2n) is 7.01. The molecule has 1 aromatic heterocycles. The minimum Gasteiger partial charge on any atom is -0.326 e. The molecule has 2 N–H and O–H groups in total. The number of carbonyl (C=O) groups is 2. The number of benzene rings is 2. The Bertz CT molecular complexity index is 1080. The summed E-state index contributed by atoms with van der Waals surface area (Å²) < 4.78 is 1.85. The predicted molar refractivity (Wildman–Crippen MR) is 125 cm³/mol. The molecule has 0 aliphatic rings. The minimum absolute atomic E-state index is 0.102. The number of hydrogen-bond acceptors (Lipinski definition) is 5. The second-order valence-corrected chi connectivity index (χ2v) is 8.39. The SMILES string of the molecule is CCn1c(CC(=O)Nc2ccc(C)c(C)c2)nnc1SCC(=O)Nc1ccc(Cl)cc1. The molecule has 0 radical (unpaired) electrons. The van der Waals surface area contributed by atoms with Gasteiger partial charge in [0.2, 0.25) is 11.8 Å². The fraction of sp³-hybridized carbons (Fsp3) is 0.273. The summed E-state index contributed by atoms with van der Waals surface area (Å²) in [6.07, 6.45) is 0.102. The first-order valence-electron chi connectivity index (χ1n) is 9.83. The maximum absolute atomic E-state index is 12.5. The van der Waals surface area contributed by atoms with Crippen LogP contribution in [0, 0.1) is 13.8 Å². The molecule has 2 aromatic carbocycles. The summed E-state index contributed by atoms with van der Waals surface area (Å²) in [6.45, 7) is 6.58. The zero-order valence-electron chi connectivity index (χ0n) is 17.6. The van der Waals surface area contributed by atoms with Crippen LogP contribution in [0.4, 0.5) is 11.4 Å². The lowest BCUT2D eigenvalue weighted by atomic mass is 10.1. The van der Waals surface area contributed by atoms with Crippen LogP contribution < -0.4 is 10.6 Å². The Kier molecular flexibility index (Phi) is 7.70. The van der Waals surface area contributed by atoms with Crippen molar-refractivity contribution in [2.75, 3.05) is 16.4 Å². The van der Waals surface area contributed by atoms with Gasteiger partial charge in [-0.05, 0) is 68.3 Å². The summed E-state index contributed by atoms with van der Waals surface area (Å²) in [5, 5.41) is 15.2. The molecule has 0 saturated heterocycles. The topological polar surface area (TPSA) is 88.9 Å². The van der Waals surface area contributed by atoms with Crippen LogP contribution >= 0.6 is 23.4 Å². The number of nitrogens with one attached hydrogen (secondary N) is 2. The van der Waals surface area contributed by atoms with Crippen LogP contribution in [-0.2, 0) is 22.6 Å². The van der Waals surface area contributed by atoms with Crippen molar-refractivity contribution in [1.29, 1.82) is 0 Å². The van der Waals surface area contributed by atoms with Crippen molar-refractivity contribution >= 4 is 46.6 Å². The fourth-order valence-corrected chi connectivity index (χ4v) is 3.85. The van der Waals surface area contributed by atoms with E-state index in [2.05, 4.69) is 20.8 Å². The average molecular weight is 458 g/mol. The molecule has 0 fully saturated rings. The maximum atomic E-state index is 12.5. The fourth-order valence-electron chi connectivity index (χ4n) is 2.90. The van der Waals surface area contributed by atoms with Crippen LogP contribution in [0.1, 0.15) is 23.9 Å². The van der Waals surface area contributed by atoms with Gasteiger partial charge in [0.05, 0.1) is 12.2 Å². The highest BCUT2D eigenvalue weighted by Crippen LogP contribution is 2.19. The molecule has 31 heavy (non-hydrogen) atoms. The molecule has 9 heteroatoms. The first-order chi connectivity index (χ1) is 14.9. The van der Waals surface area contributed by atoms with Gasteiger partial charge in [-0.2, -0.15) is 0 Å². The van der Waals surface area contributed by atoms with Gasteiger partial charge in [0.15, 0.2) is 5.16 Å². The number of nitrogens with zero attached hydrogens (tertiary/aromatic N) is 3. The van der Waals surface area contributed by atoms with Gasteiger partial charge in [0.1, 0.15) is 5.82 Å². The summed E-state index contributed by atoms with van der Waals surface area (Å²) in [4.78, 5) is 24.7. The molecule has 1 heterocycles. The lowest BCUT2D eigenvalue weighted by molar-refractivity contribution is -0.116. The highest BCUT2D eigenvalue weighted by Gasteiger charge is 2.16. The largest absolute Gasteiger partial charge is 0.326 e. The van der Waals surface area contributed by atoms with Crippen LogP contribution in [0.25, 0.3) is 0 Å². The van der Waals surface area contributed by atoms with E-state index in [1.165, 1.54) is 17.3 Å². The Hall–Kier alpha value is -2.84. The van der Waals surface area contributed by atoms with Crippen LogP contribution in [0.3, 0.4) is 0 Å². The minimum atomic E-state index is -0.164. The Morgan fingerprint density at radius 3 is 2.32 bits per heavy atom. The van der Waals surface area contributed by atoms with Gasteiger partial charge in [-0.3, -0.25) is 9.59 Å². The van der Waals surface area contributed by atoms with Gasteiger partial charge in [0, 0.05) is 22.9 Å². The van der Waals surface area contributed by atoms with Crippen LogP contribution in [0.5, 0.6) is 0 Å². The van der Waals surface area contributed by atoms with Crippen molar-refractivity contribution < 1.29 is 9.59 Å². The first kappa shape index (κ1) is 22.8. The van der Waals surface area contributed by atoms with Gasteiger partial charge in [-0.25, -0.2) is 0 Å². The molecule has 0 aliphatic heterocycles. The number of aromatic nitrogens is 3. The molecule has 162 valence electrons. The Balaban J connectivity index is 1.58. The number of anilines is 2. The normalized spacial score (nSPS) is 10.7. The molecule has 0 saturated carbocycles. The molecule has 3 aromatic rings. The number of amides is 2. The standard InChI is InChI=1S/C22H24ClN5O2S/c1-4-28-19(12-20(29)25-18-8-5-14(2)15(3)11-18)26-27-22(28)31-13-21(30)24-17-9-6-16(23)7-10-17/h5-11H,4,12-13H2,1-3H3,(H,24,30)(H,25,29). The summed E-state index contributed by atoms with van der Waals surface area (Å²) in [6, 6.07) is 12.7. The third kappa shape index (κ3) is 6.32. The molecule has 0 spiro atoms. The average Bonchev–Trinajstić information content (AvgIpc) is 3.12. The van der Waals surface area contributed by atoms with Crippen molar-refractivity contribution in [2.24, 2.45) is 0 Å². The van der Waals surface area contributed by atoms with E-state index in [0.29, 0.717) is 28.2 Å². The number of rotatable bonds is 8. The number of halogens is 1. The first-order valence-corrected chi connectivity index (χ1v) is 11.2. The number of thioether (sulfide) groups is 1. The van der Waals surface area contributed by atoms with Crippen molar-refractivity contribution in [3.8, 4) is 0 Å². The molecule has 0 aliphatic carbocycles. The van der Waals surface area contributed by atoms with Gasteiger partial charge in [-0.15, -0.1) is 10.2 Å². The van der Waals surface area contributed by atoms with E-state index >= 15 is 0 Å². The lowest BCUT2D eigenvalue weighted by Crippen LogP contribution is -2.18. The number of carbonyl (C=O) groups excluding carboxylic acids is 2. The molecule has 0 bridgehead atoms. The molecular formula is C22H24ClN5O2S. The second kappa shape index (κ2) is 10.5. The number of aryl methyl sites for hydroxylation is 2. The van der Waals surface area contributed by atoms with E-state index in [-0.39, 0.29) is 24.0 Å². The number of hydrogen-bond donors (Lipinski definition) is 2. The predicted octanol–water partition coefficient (Wildman–Crippen LogP) is 4.48. The molecule has 0 atom stereocenters.